The summed E-state index contributed by atoms with van der Waals surface area (Å²) in [7, 11) is 0. The summed E-state index contributed by atoms with van der Waals surface area (Å²) in [6, 6.07) is 19.5. The van der Waals surface area contributed by atoms with Gasteiger partial charge in [0.15, 0.2) is 0 Å². The molecule has 3 heterocycles. The van der Waals surface area contributed by atoms with E-state index in [1.165, 1.54) is 24.0 Å². The molecule has 2 N–H and O–H groups in total. The van der Waals surface area contributed by atoms with E-state index in [1.807, 2.05) is 38.1 Å². The Bertz CT molecular complexity index is 1550. The number of hydrogen-bond acceptors (Lipinski definition) is 5. The number of imide groups is 1. The third-order valence-electron chi connectivity index (χ3n) is 8.29. The average molecular weight is 555 g/mol. The number of nitrogens with zero attached hydrogens (tertiary/aromatic N) is 2. The van der Waals surface area contributed by atoms with Crippen LogP contribution < -0.4 is 20.4 Å². The van der Waals surface area contributed by atoms with Gasteiger partial charge in [-0.2, -0.15) is 0 Å². The van der Waals surface area contributed by atoms with Crippen molar-refractivity contribution in [3.63, 3.8) is 0 Å². The molecule has 2 fully saturated rings. The van der Waals surface area contributed by atoms with Gasteiger partial charge in [0.25, 0.3) is 5.91 Å². The lowest BCUT2D eigenvalue weighted by atomic mass is 9.76. The Labute approximate surface area is 237 Å². The number of rotatable bonds is 6. The van der Waals surface area contributed by atoms with Crippen molar-refractivity contribution in [3.8, 4) is 0 Å². The Balaban J connectivity index is 1.43. The van der Waals surface area contributed by atoms with E-state index in [1.54, 1.807) is 41.3 Å². The van der Waals surface area contributed by atoms with Crippen molar-refractivity contribution in [1.82, 2.24) is 5.32 Å². The van der Waals surface area contributed by atoms with Crippen molar-refractivity contribution in [3.05, 3.63) is 89.7 Å². The second-order valence-electron chi connectivity index (χ2n) is 11.5. The largest absolute Gasteiger partial charge is 0.326 e. The Hall–Kier alpha value is -4.37. The lowest BCUT2D eigenvalue weighted by molar-refractivity contribution is -0.132. The summed E-state index contributed by atoms with van der Waals surface area (Å²) in [6.07, 6.45) is 0.602. The second-order valence-corrected chi connectivity index (χ2v) is 11.5. The molecule has 9 heteroatoms. The molecule has 4 amide bonds. The Morgan fingerprint density at radius 1 is 0.976 bits per heavy atom. The SMILES string of the molecule is CC(=O)Nc1ccc(N2C(=O)[C@@H]3[C@H](CC(C)C)N[C@]4(C(=O)N(Cc5ccc(F)cc5)c5ccccc54)[C@H]3C2=O)cc1. The summed E-state index contributed by atoms with van der Waals surface area (Å²) in [4.78, 5) is 57.2. The minimum atomic E-state index is -1.42. The summed E-state index contributed by atoms with van der Waals surface area (Å²) in [5.74, 6) is -3.14. The lowest BCUT2D eigenvalue weighted by Gasteiger charge is -2.31. The predicted octanol–water partition coefficient (Wildman–Crippen LogP) is 4.35. The first-order chi connectivity index (χ1) is 19.6. The molecule has 0 saturated carbocycles. The van der Waals surface area contributed by atoms with E-state index < -0.39 is 29.3 Å². The van der Waals surface area contributed by atoms with Crippen molar-refractivity contribution >= 4 is 40.7 Å². The summed E-state index contributed by atoms with van der Waals surface area (Å²) >= 11 is 0. The molecule has 0 aliphatic carbocycles. The topological polar surface area (TPSA) is 98.8 Å². The molecule has 210 valence electrons. The molecule has 0 unspecified atom stereocenters. The summed E-state index contributed by atoms with van der Waals surface area (Å²) in [6.45, 7) is 5.70. The van der Waals surface area contributed by atoms with Gasteiger partial charge >= 0.3 is 0 Å². The fourth-order valence-electron chi connectivity index (χ4n) is 6.74. The molecule has 0 aromatic heterocycles. The maximum Gasteiger partial charge on any atom is 0.253 e. The van der Waals surface area contributed by atoms with Gasteiger partial charge in [-0.15, -0.1) is 0 Å². The molecule has 0 radical (unpaired) electrons. The van der Waals surface area contributed by atoms with Gasteiger partial charge in [-0.25, -0.2) is 9.29 Å². The average Bonchev–Trinajstić information content (AvgIpc) is 3.49. The van der Waals surface area contributed by atoms with Crippen LogP contribution in [0.5, 0.6) is 0 Å². The molecular weight excluding hydrogens is 523 g/mol. The zero-order valence-corrected chi connectivity index (χ0v) is 23.1. The number of halogens is 1. The van der Waals surface area contributed by atoms with Crippen LogP contribution in [0.1, 0.15) is 38.3 Å². The standard InChI is InChI=1S/C32H31FN4O4/c1-18(2)16-25-27-28(30(40)37(29(27)39)23-14-12-22(13-15-23)34-19(3)38)32(35-25)24-6-4-5-7-26(24)36(31(32)41)17-20-8-10-21(33)11-9-20/h4-15,18,25,27-28,35H,16-17H2,1-3H3,(H,34,38)/t25-,27+,28+,32-/m0/s1. The number of hydrogen-bond donors (Lipinski definition) is 2. The van der Waals surface area contributed by atoms with Gasteiger partial charge < -0.3 is 10.2 Å². The number of amides is 4. The van der Waals surface area contributed by atoms with Gasteiger partial charge in [0.2, 0.25) is 17.7 Å². The molecule has 3 aliphatic heterocycles. The highest BCUT2D eigenvalue weighted by Gasteiger charge is 2.71. The van der Waals surface area contributed by atoms with Crippen LogP contribution in [0.15, 0.2) is 72.8 Å². The molecule has 6 rings (SSSR count). The van der Waals surface area contributed by atoms with Crippen LogP contribution in [0, 0.1) is 23.6 Å². The highest BCUT2D eigenvalue weighted by Crippen LogP contribution is 2.56. The zero-order valence-electron chi connectivity index (χ0n) is 23.1. The van der Waals surface area contributed by atoms with Crippen LogP contribution in [0.25, 0.3) is 0 Å². The molecular formula is C32H31FN4O4. The van der Waals surface area contributed by atoms with Crippen LogP contribution in [-0.4, -0.2) is 29.7 Å². The van der Waals surface area contributed by atoms with Crippen molar-refractivity contribution in [2.45, 2.75) is 45.3 Å². The van der Waals surface area contributed by atoms with Gasteiger partial charge in [0.05, 0.1) is 24.1 Å². The number of anilines is 3. The van der Waals surface area contributed by atoms with Crippen LogP contribution in [-0.2, 0) is 31.3 Å². The van der Waals surface area contributed by atoms with Crippen LogP contribution in [0.2, 0.25) is 0 Å². The fourth-order valence-corrected chi connectivity index (χ4v) is 6.74. The minimum absolute atomic E-state index is 0.197. The van der Waals surface area contributed by atoms with Crippen LogP contribution >= 0.6 is 0 Å². The van der Waals surface area contributed by atoms with Gasteiger partial charge in [-0.1, -0.05) is 44.2 Å². The maximum absolute atomic E-state index is 14.5. The second kappa shape index (κ2) is 9.92. The number of benzene rings is 3. The van der Waals surface area contributed by atoms with E-state index >= 15 is 0 Å². The maximum atomic E-state index is 14.5. The van der Waals surface area contributed by atoms with E-state index in [4.69, 9.17) is 0 Å². The molecule has 4 atom stereocenters. The van der Waals surface area contributed by atoms with Crippen LogP contribution in [0.4, 0.5) is 21.5 Å². The molecule has 8 nitrogen and oxygen atoms in total. The molecule has 3 aromatic rings. The van der Waals surface area contributed by atoms with Gasteiger partial charge in [-0.05, 0) is 60.4 Å². The Morgan fingerprint density at radius 2 is 1.66 bits per heavy atom. The number of carbonyl (C=O) groups excluding carboxylic acids is 4. The minimum Gasteiger partial charge on any atom is -0.326 e. The number of carbonyl (C=O) groups is 4. The molecule has 3 aromatic carbocycles. The Morgan fingerprint density at radius 3 is 2.32 bits per heavy atom. The lowest BCUT2D eigenvalue weighted by Crippen LogP contribution is -2.55. The summed E-state index contributed by atoms with van der Waals surface area (Å²) < 4.78 is 13.6. The third-order valence-corrected chi connectivity index (χ3v) is 8.29. The molecule has 2 saturated heterocycles. The fraction of sp³-hybridized carbons (Fsp3) is 0.312. The zero-order chi connectivity index (χ0) is 29.1. The van der Waals surface area contributed by atoms with E-state index in [0.29, 0.717) is 29.0 Å². The first-order valence-electron chi connectivity index (χ1n) is 13.8. The van der Waals surface area contributed by atoms with Gasteiger partial charge in [-0.3, -0.25) is 24.5 Å². The normalized spacial score (nSPS) is 24.9. The molecule has 3 aliphatic rings. The van der Waals surface area contributed by atoms with E-state index in [0.717, 1.165) is 5.56 Å². The van der Waals surface area contributed by atoms with Gasteiger partial charge in [0.1, 0.15) is 11.4 Å². The molecule has 0 bridgehead atoms. The predicted molar refractivity (Wildman–Crippen MR) is 152 cm³/mol. The summed E-state index contributed by atoms with van der Waals surface area (Å²) in [5, 5.41) is 6.22. The number of para-hydroxylation sites is 1. The quantitative estimate of drug-likeness (QED) is 0.442. The number of nitrogens with one attached hydrogen (secondary N) is 2. The van der Waals surface area contributed by atoms with E-state index in [9.17, 15) is 23.6 Å². The summed E-state index contributed by atoms with van der Waals surface area (Å²) in [5.41, 5.74) is 1.60. The molecule has 41 heavy (non-hydrogen) atoms. The van der Waals surface area contributed by atoms with Crippen LogP contribution in [0.3, 0.4) is 0 Å². The van der Waals surface area contributed by atoms with Crippen molar-refractivity contribution in [2.75, 3.05) is 15.1 Å². The monoisotopic (exact) mass is 554 g/mol. The van der Waals surface area contributed by atoms with Crippen molar-refractivity contribution < 1.29 is 23.6 Å². The number of fused-ring (bicyclic) bond motifs is 4. The Kier molecular flexibility index (Phi) is 6.49. The van der Waals surface area contributed by atoms with E-state index in [2.05, 4.69) is 10.6 Å². The first kappa shape index (κ1) is 26.8. The molecule has 1 spiro atoms. The van der Waals surface area contributed by atoms with Crippen molar-refractivity contribution in [1.29, 1.82) is 0 Å². The van der Waals surface area contributed by atoms with Crippen molar-refractivity contribution in [2.24, 2.45) is 17.8 Å². The first-order valence-corrected chi connectivity index (χ1v) is 13.8. The van der Waals surface area contributed by atoms with E-state index in [-0.39, 0.29) is 36.0 Å². The van der Waals surface area contributed by atoms with Gasteiger partial charge in [0, 0.05) is 29.9 Å². The highest BCUT2D eigenvalue weighted by molar-refractivity contribution is 6.26. The highest BCUT2D eigenvalue weighted by atomic mass is 19.1. The smallest absolute Gasteiger partial charge is 0.253 e. The third kappa shape index (κ3) is 4.23.